The van der Waals surface area contributed by atoms with Crippen LogP contribution in [0.15, 0.2) is 29.3 Å². The fraction of sp³-hybridized carbons (Fsp3) is 0.444. The summed E-state index contributed by atoms with van der Waals surface area (Å²) in [6, 6.07) is 8.56. The lowest BCUT2D eigenvalue weighted by Crippen LogP contribution is -2.34. The monoisotopic (exact) mass is 295 g/mol. The van der Waals surface area contributed by atoms with Crippen molar-refractivity contribution < 1.29 is 4.79 Å². The number of para-hydroxylation sites is 1. The van der Waals surface area contributed by atoms with Crippen LogP contribution in [-0.4, -0.2) is 41.2 Å². The summed E-state index contributed by atoms with van der Waals surface area (Å²) in [5, 5.41) is 1.11. The maximum atomic E-state index is 13.1. The number of carbonyl (C=O) groups excluding carboxylic acids is 1. The first kappa shape index (κ1) is 13.7. The first-order valence-electron chi connectivity index (χ1n) is 7.97. The summed E-state index contributed by atoms with van der Waals surface area (Å²) in [6.45, 7) is 0.755. The molecule has 0 bridgehead atoms. The zero-order valence-corrected chi connectivity index (χ0v) is 13.1. The van der Waals surface area contributed by atoms with E-state index < -0.39 is 0 Å². The van der Waals surface area contributed by atoms with E-state index in [2.05, 4.69) is 40.7 Å². The van der Waals surface area contributed by atoms with E-state index in [0.717, 1.165) is 36.9 Å². The molecule has 0 N–H and O–H groups in total. The van der Waals surface area contributed by atoms with Crippen molar-refractivity contribution in [1.29, 1.82) is 0 Å². The van der Waals surface area contributed by atoms with Gasteiger partial charge < -0.3 is 4.57 Å². The summed E-state index contributed by atoms with van der Waals surface area (Å²) < 4.78 is 2.20. The fourth-order valence-electron chi connectivity index (χ4n) is 3.93. The van der Waals surface area contributed by atoms with Gasteiger partial charge in [-0.15, -0.1) is 0 Å². The number of Topliss-reactive ketones (excluding diaryl/α,β-unsaturated/α-hetero) is 1. The molecular weight excluding hydrogens is 274 g/mol. The van der Waals surface area contributed by atoms with Gasteiger partial charge in [0, 0.05) is 47.4 Å². The van der Waals surface area contributed by atoms with Gasteiger partial charge in [0.1, 0.15) is 0 Å². The third-order valence-corrected chi connectivity index (χ3v) is 5.25. The van der Waals surface area contributed by atoms with Gasteiger partial charge in [-0.2, -0.15) is 0 Å². The molecule has 0 radical (unpaired) electrons. The molecule has 22 heavy (non-hydrogen) atoms. The highest BCUT2D eigenvalue weighted by Crippen LogP contribution is 2.35. The van der Waals surface area contributed by atoms with Gasteiger partial charge in [-0.05, 0) is 32.4 Å². The van der Waals surface area contributed by atoms with E-state index >= 15 is 0 Å². The average molecular weight is 295 g/mol. The Morgan fingerprint density at radius 1 is 1.27 bits per heavy atom. The Morgan fingerprint density at radius 3 is 2.86 bits per heavy atom. The number of fused-ring (bicyclic) bond motifs is 3. The second-order valence-corrected chi connectivity index (χ2v) is 6.53. The average Bonchev–Trinajstić information content (AvgIpc) is 3.05. The van der Waals surface area contributed by atoms with Crippen molar-refractivity contribution in [3.8, 4) is 0 Å². The van der Waals surface area contributed by atoms with Crippen LogP contribution in [0.3, 0.4) is 0 Å². The molecule has 0 saturated carbocycles. The molecule has 4 heteroatoms. The van der Waals surface area contributed by atoms with Crippen molar-refractivity contribution in [2.45, 2.75) is 25.3 Å². The molecule has 2 aliphatic rings. The maximum Gasteiger partial charge on any atom is 0.168 e. The van der Waals surface area contributed by atoms with Crippen LogP contribution in [0.5, 0.6) is 0 Å². The molecule has 4 rings (SSSR count). The molecule has 0 saturated heterocycles. The van der Waals surface area contributed by atoms with Crippen molar-refractivity contribution in [2.75, 3.05) is 13.7 Å². The predicted molar refractivity (Wildman–Crippen MR) is 88.6 cm³/mol. The Labute approximate surface area is 130 Å². The number of hydrogen-bond acceptors (Lipinski definition) is 3. The van der Waals surface area contributed by atoms with E-state index in [-0.39, 0.29) is 5.92 Å². The van der Waals surface area contributed by atoms with Gasteiger partial charge in [0.05, 0.1) is 6.67 Å². The number of aliphatic imine (C=N–C) groups is 1. The highest BCUT2D eigenvalue weighted by Gasteiger charge is 2.34. The third-order valence-electron chi connectivity index (χ3n) is 5.25. The molecule has 0 fully saturated rings. The Balaban J connectivity index is 1.71. The first-order chi connectivity index (χ1) is 10.7. The fourth-order valence-corrected chi connectivity index (χ4v) is 3.93. The Bertz CT molecular complexity index is 774. The first-order valence-corrected chi connectivity index (χ1v) is 7.97. The minimum absolute atomic E-state index is 0.121. The molecule has 0 spiro atoms. The van der Waals surface area contributed by atoms with E-state index in [9.17, 15) is 4.79 Å². The van der Waals surface area contributed by atoms with E-state index in [0.29, 0.717) is 11.8 Å². The smallest absolute Gasteiger partial charge is 0.168 e. The van der Waals surface area contributed by atoms with Crippen molar-refractivity contribution in [3.63, 3.8) is 0 Å². The van der Waals surface area contributed by atoms with Crippen LogP contribution in [0.4, 0.5) is 0 Å². The minimum Gasteiger partial charge on any atom is -0.347 e. The Morgan fingerprint density at radius 2 is 2.09 bits per heavy atom. The van der Waals surface area contributed by atoms with E-state index in [1.54, 1.807) is 0 Å². The second-order valence-electron chi connectivity index (χ2n) is 6.53. The lowest BCUT2D eigenvalue weighted by atomic mass is 9.81. The van der Waals surface area contributed by atoms with Crippen LogP contribution < -0.4 is 0 Å². The van der Waals surface area contributed by atoms with Gasteiger partial charge in [0.25, 0.3) is 0 Å². The molecule has 1 aromatic carbocycles. The lowest BCUT2D eigenvalue weighted by Gasteiger charge is -2.26. The lowest BCUT2D eigenvalue weighted by molar-refractivity contribution is 0.0881. The molecule has 4 nitrogen and oxygen atoms in total. The normalized spacial score (nSPS) is 25.1. The summed E-state index contributed by atoms with van der Waals surface area (Å²) in [5.41, 5.74) is 3.34. The number of nitrogens with zero attached hydrogens (tertiary/aromatic N) is 3. The van der Waals surface area contributed by atoms with Gasteiger partial charge in [-0.25, -0.2) is 0 Å². The molecule has 2 atom stereocenters. The van der Waals surface area contributed by atoms with Crippen molar-refractivity contribution in [1.82, 2.24) is 9.47 Å². The molecule has 1 aliphatic heterocycles. The third kappa shape index (κ3) is 1.94. The summed E-state index contributed by atoms with van der Waals surface area (Å²) in [7, 11) is 4.15. The quantitative estimate of drug-likeness (QED) is 0.854. The number of rotatable bonds is 2. The number of hydrogen-bond donors (Lipinski definition) is 0. The van der Waals surface area contributed by atoms with Crippen molar-refractivity contribution in [3.05, 3.63) is 35.5 Å². The van der Waals surface area contributed by atoms with E-state index in [1.165, 1.54) is 11.2 Å². The summed E-state index contributed by atoms with van der Waals surface area (Å²) in [6.07, 6.45) is 4.84. The number of ketones is 1. The zero-order chi connectivity index (χ0) is 15.3. The van der Waals surface area contributed by atoms with Crippen LogP contribution >= 0.6 is 0 Å². The predicted octanol–water partition coefficient (Wildman–Crippen LogP) is 2.66. The van der Waals surface area contributed by atoms with Crippen LogP contribution in [0.1, 0.15) is 28.9 Å². The number of aromatic nitrogens is 1. The van der Waals surface area contributed by atoms with Gasteiger partial charge in [-0.1, -0.05) is 18.2 Å². The molecule has 2 aromatic rings. The standard InChI is InChI=1S/C18H21N3O/c1-20-11-19-10-13(20)9-12-7-8-16-17(18(12)22)14-5-3-4-6-15(14)21(16)2/h3-6,10,12-13H,7-9,11H2,1-2H3. The highest BCUT2D eigenvalue weighted by atomic mass is 16.1. The molecule has 1 aliphatic carbocycles. The molecule has 0 amide bonds. The topological polar surface area (TPSA) is 37.6 Å². The second kappa shape index (κ2) is 5.06. The number of aryl methyl sites for hydroxylation is 1. The van der Waals surface area contributed by atoms with E-state index in [4.69, 9.17) is 0 Å². The SMILES string of the molecule is CN1CN=CC1CC1CCc2c(c3ccccc3n2C)C1=O. The van der Waals surface area contributed by atoms with Gasteiger partial charge in [0.15, 0.2) is 5.78 Å². The van der Waals surface area contributed by atoms with Crippen LogP contribution in [0.25, 0.3) is 10.9 Å². The molecule has 1 aromatic heterocycles. The summed E-state index contributed by atoms with van der Waals surface area (Å²) >= 11 is 0. The van der Waals surface area contributed by atoms with Crippen molar-refractivity contribution in [2.24, 2.45) is 18.0 Å². The Hall–Kier alpha value is -1.94. The van der Waals surface area contributed by atoms with Gasteiger partial charge >= 0.3 is 0 Å². The highest BCUT2D eigenvalue weighted by molar-refractivity contribution is 6.11. The Kier molecular flexibility index (Phi) is 3.15. The van der Waals surface area contributed by atoms with Gasteiger partial charge in [-0.3, -0.25) is 14.7 Å². The summed E-state index contributed by atoms with van der Waals surface area (Å²) in [4.78, 5) is 19.6. The maximum absolute atomic E-state index is 13.1. The molecule has 2 heterocycles. The van der Waals surface area contributed by atoms with Crippen LogP contribution in [-0.2, 0) is 13.5 Å². The largest absolute Gasteiger partial charge is 0.347 e. The number of carbonyl (C=O) groups is 1. The van der Waals surface area contributed by atoms with Gasteiger partial charge in [0.2, 0.25) is 0 Å². The molecular formula is C18H21N3O. The molecule has 114 valence electrons. The van der Waals surface area contributed by atoms with Crippen molar-refractivity contribution >= 4 is 22.9 Å². The zero-order valence-electron chi connectivity index (χ0n) is 13.1. The van der Waals surface area contributed by atoms with Crippen LogP contribution in [0.2, 0.25) is 0 Å². The minimum atomic E-state index is 0.121. The summed E-state index contributed by atoms with van der Waals surface area (Å²) in [5.74, 6) is 0.446. The van der Waals surface area contributed by atoms with E-state index in [1.807, 2.05) is 18.3 Å². The van der Waals surface area contributed by atoms with Crippen LogP contribution in [0, 0.1) is 5.92 Å². The molecule has 2 unspecified atom stereocenters. The number of benzene rings is 1.